The molecular weight excluding hydrogens is 282 g/mol. The zero-order chi connectivity index (χ0) is 15.9. The molecule has 1 aromatic rings. The number of ether oxygens (including phenoxy) is 1. The molecule has 1 unspecified atom stereocenters. The van der Waals surface area contributed by atoms with E-state index in [0.29, 0.717) is 18.6 Å². The van der Waals surface area contributed by atoms with E-state index < -0.39 is 12.0 Å². The van der Waals surface area contributed by atoms with Crippen molar-refractivity contribution in [3.8, 4) is 11.5 Å². The number of nitrogens with one attached hydrogen (secondary N) is 1. The number of amides is 1. The van der Waals surface area contributed by atoms with Crippen molar-refractivity contribution in [2.45, 2.75) is 57.9 Å². The van der Waals surface area contributed by atoms with Crippen LogP contribution < -0.4 is 10.1 Å². The van der Waals surface area contributed by atoms with Crippen LogP contribution in [-0.2, 0) is 16.0 Å². The van der Waals surface area contributed by atoms with Crippen LogP contribution in [0.2, 0.25) is 0 Å². The summed E-state index contributed by atoms with van der Waals surface area (Å²) in [7, 11) is 0. The van der Waals surface area contributed by atoms with E-state index >= 15 is 0 Å². The van der Waals surface area contributed by atoms with Gasteiger partial charge in [-0.2, -0.15) is 0 Å². The smallest absolute Gasteiger partial charge is 0.334 e. The number of aromatic hydroxyl groups is 1. The van der Waals surface area contributed by atoms with E-state index in [1.54, 1.807) is 12.1 Å². The van der Waals surface area contributed by atoms with Crippen LogP contribution in [0.4, 0.5) is 0 Å². The van der Waals surface area contributed by atoms with Crippen LogP contribution in [0.5, 0.6) is 11.5 Å². The van der Waals surface area contributed by atoms with Crippen LogP contribution in [0, 0.1) is 0 Å². The van der Waals surface area contributed by atoms with Gasteiger partial charge < -0.3 is 15.2 Å². The van der Waals surface area contributed by atoms with Crippen LogP contribution >= 0.6 is 0 Å². The summed E-state index contributed by atoms with van der Waals surface area (Å²) in [5, 5.41) is 12.6. The van der Waals surface area contributed by atoms with Crippen molar-refractivity contribution >= 4 is 11.9 Å². The first-order valence-corrected chi connectivity index (χ1v) is 7.93. The second kappa shape index (κ2) is 7.82. The van der Waals surface area contributed by atoms with E-state index in [9.17, 15) is 14.7 Å². The standard InChI is InChI=1S/C17H23NO4/c1-2-3-4-5-6-12-7-8-13(11-15(12)19)22-17(21)14-9-10-16(20)18-14/h7-8,11,14,19H,2-6,9-10H2,1H3,(H,18,20). The van der Waals surface area contributed by atoms with Crippen molar-refractivity contribution < 1.29 is 19.4 Å². The molecule has 0 spiro atoms. The Morgan fingerprint density at radius 2 is 2.18 bits per heavy atom. The van der Waals surface area contributed by atoms with Gasteiger partial charge in [-0.1, -0.05) is 32.3 Å². The molecule has 2 rings (SSSR count). The van der Waals surface area contributed by atoms with E-state index in [2.05, 4.69) is 12.2 Å². The lowest BCUT2D eigenvalue weighted by molar-refractivity contribution is -0.137. The molecule has 1 aliphatic rings. The molecule has 22 heavy (non-hydrogen) atoms. The number of rotatable bonds is 7. The largest absolute Gasteiger partial charge is 0.508 e. The topological polar surface area (TPSA) is 75.6 Å². The summed E-state index contributed by atoms with van der Waals surface area (Å²) in [5.74, 6) is -0.161. The van der Waals surface area contributed by atoms with Crippen LogP contribution in [0.25, 0.3) is 0 Å². The second-order valence-electron chi connectivity index (χ2n) is 5.68. The van der Waals surface area contributed by atoms with Crippen molar-refractivity contribution in [2.24, 2.45) is 0 Å². The minimum atomic E-state index is -0.580. The average Bonchev–Trinajstić information content (AvgIpc) is 2.92. The molecule has 1 aliphatic heterocycles. The fourth-order valence-corrected chi connectivity index (χ4v) is 2.54. The number of phenolic OH excluding ortho intramolecular Hbond substituents is 1. The number of aryl methyl sites for hydroxylation is 1. The summed E-state index contributed by atoms with van der Waals surface area (Å²) in [6, 6.07) is 4.35. The molecule has 0 aromatic heterocycles. The third-order valence-corrected chi connectivity index (χ3v) is 3.85. The van der Waals surface area contributed by atoms with Gasteiger partial charge in [-0.15, -0.1) is 0 Å². The predicted octanol–water partition coefficient (Wildman–Crippen LogP) is 2.70. The first-order chi connectivity index (χ1) is 10.6. The molecule has 5 nitrogen and oxygen atoms in total. The fourth-order valence-electron chi connectivity index (χ4n) is 2.54. The number of hydrogen-bond donors (Lipinski definition) is 2. The molecule has 2 N–H and O–H groups in total. The SMILES string of the molecule is CCCCCCc1ccc(OC(=O)C2CCC(=O)N2)cc1O. The monoisotopic (exact) mass is 305 g/mol. The van der Waals surface area contributed by atoms with Gasteiger partial charge in [-0.05, 0) is 30.9 Å². The summed E-state index contributed by atoms with van der Waals surface area (Å²) >= 11 is 0. The number of carbonyl (C=O) groups is 2. The molecule has 120 valence electrons. The Hall–Kier alpha value is -2.04. The first kappa shape index (κ1) is 16.3. The third kappa shape index (κ3) is 4.48. The van der Waals surface area contributed by atoms with Crippen LogP contribution in [0.1, 0.15) is 51.0 Å². The van der Waals surface area contributed by atoms with E-state index in [4.69, 9.17) is 4.74 Å². The highest BCUT2D eigenvalue weighted by atomic mass is 16.5. The Morgan fingerprint density at radius 1 is 1.36 bits per heavy atom. The molecule has 0 saturated carbocycles. The lowest BCUT2D eigenvalue weighted by Crippen LogP contribution is -2.36. The van der Waals surface area contributed by atoms with Gasteiger partial charge >= 0.3 is 5.97 Å². The molecule has 0 radical (unpaired) electrons. The molecule has 5 heteroatoms. The van der Waals surface area contributed by atoms with Crippen molar-refractivity contribution in [1.82, 2.24) is 5.32 Å². The predicted molar refractivity (Wildman–Crippen MR) is 82.8 cm³/mol. The maximum Gasteiger partial charge on any atom is 0.334 e. The maximum atomic E-state index is 11.9. The number of unbranched alkanes of at least 4 members (excludes halogenated alkanes) is 3. The zero-order valence-electron chi connectivity index (χ0n) is 12.9. The second-order valence-corrected chi connectivity index (χ2v) is 5.68. The van der Waals surface area contributed by atoms with Gasteiger partial charge in [0.2, 0.25) is 5.91 Å². The first-order valence-electron chi connectivity index (χ1n) is 7.93. The number of hydrogen-bond acceptors (Lipinski definition) is 4. The third-order valence-electron chi connectivity index (χ3n) is 3.85. The van der Waals surface area contributed by atoms with Gasteiger partial charge in [0.05, 0.1) is 0 Å². The molecule has 1 amide bonds. The van der Waals surface area contributed by atoms with E-state index in [-0.39, 0.29) is 11.7 Å². The Bertz CT molecular complexity index is 541. The van der Waals surface area contributed by atoms with E-state index in [0.717, 1.165) is 24.8 Å². The van der Waals surface area contributed by atoms with E-state index in [1.165, 1.54) is 18.9 Å². The average molecular weight is 305 g/mol. The number of carbonyl (C=O) groups excluding carboxylic acids is 2. The van der Waals surface area contributed by atoms with Crippen molar-refractivity contribution in [3.63, 3.8) is 0 Å². The van der Waals surface area contributed by atoms with Gasteiger partial charge in [-0.25, -0.2) is 4.79 Å². The van der Waals surface area contributed by atoms with Crippen molar-refractivity contribution in [2.75, 3.05) is 0 Å². The molecule has 0 aliphatic carbocycles. The highest BCUT2D eigenvalue weighted by Crippen LogP contribution is 2.26. The summed E-state index contributed by atoms with van der Waals surface area (Å²) in [6.45, 7) is 2.16. The molecule has 1 heterocycles. The normalized spacial score (nSPS) is 17.3. The Balaban J connectivity index is 1.88. The molecule has 0 bridgehead atoms. The van der Waals surface area contributed by atoms with Gasteiger partial charge in [0.1, 0.15) is 17.5 Å². The number of benzene rings is 1. The van der Waals surface area contributed by atoms with Crippen molar-refractivity contribution in [3.05, 3.63) is 23.8 Å². The zero-order valence-corrected chi connectivity index (χ0v) is 12.9. The number of esters is 1. The highest BCUT2D eigenvalue weighted by molar-refractivity contribution is 5.88. The van der Waals surface area contributed by atoms with Crippen LogP contribution in [-0.4, -0.2) is 23.0 Å². The molecular formula is C17H23NO4. The lowest BCUT2D eigenvalue weighted by atomic mass is 10.1. The van der Waals surface area contributed by atoms with Gasteiger partial charge in [0.15, 0.2) is 0 Å². The van der Waals surface area contributed by atoms with Crippen LogP contribution in [0.15, 0.2) is 18.2 Å². The Morgan fingerprint density at radius 3 is 2.82 bits per heavy atom. The van der Waals surface area contributed by atoms with Crippen LogP contribution in [0.3, 0.4) is 0 Å². The van der Waals surface area contributed by atoms with Gasteiger partial charge in [0, 0.05) is 12.5 Å². The maximum absolute atomic E-state index is 11.9. The number of phenols is 1. The summed E-state index contributed by atoms with van der Waals surface area (Å²) in [6.07, 6.45) is 6.18. The van der Waals surface area contributed by atoms with E-state index in [1.807, 2.05) is 0 Å². The van der Waals surface area contributed by atoms with Gasteiger partial charge in [0.25, 0.3) is 0 Å². The Kier molecular flexibility index (Phi) is 5.81. The molecule has 1 atom stereocenters. The summed E-state index contributed by atoms with van der Waals surface area (Å²) < 4.78 is 5.21. The summed E-state index contributed by atoms with van der Waals surface area (Å²) in [4.78, 5) is 23.0. The fraction of sp³-hybridized carbons (Fsp3) is 0.529. The molecule has 1 aromatic carbocycles. The Labute approximate surface area is 130 Å². The summed E-state index contributed by atoms with van der Waals surface area (Å²) in [5.41, 5.74) is 0.866. The van der Waals surface area contributed by atoms with Crippen molar-refractivity contribution in [1.29, 1.82) is 0 Å². The molecule has 1 saturated heterocycles. The lowest BCUT2D eigenvalue weighted by Gasteiger charge is -2.11. The minimum absolute atomic E-state index is 0.132. The highest BCUT2D eigenvalue weighted by Gasteiger charge is 2.28. The molecule has 1 fully saturated rings. The van der Waals surface area contributed by atoms with Gasteiger partial charge in [-0.3, -0.25) is 4.79 Å². The quantitative estimate of drug-likeness (QED) is 0.461. The minimum Gasteiger partial charge on any atom is -0.508 e.